The van der Waals surface area contributed by atoms with E-state index >= 15 is 0 Å². The maximum Gasteiger partial charge on any atom is 0.319 e. The zero-order valence-corrected chi connectivity index (χ0v) is 9.95. The third-order valence-corrected chi connectivity index (χ3v) is 3.41. The van der Waals surface area contributed by atoms with E-state index in [4.69, 9.17) is 9.47 Å². The SMILES string of the molecule is CC1(OC(=O)CBr)CSCCCO1. The van der Waals surface area contributed by atoms with Crippen LogP contribution >= 0.6 is 27.7 Å². The van der Waals surface area contributed by atoms with Crippen molar-refractivity contribution in [3.05, 3.63) is 0 Å². The van der Waals surface area contributed by atoms with Gasteiger partial charge in [0.15, 0.2) is 0 Å². The average molecular weight is 269 g/mol. The first-order chi connectivity index (χ1) is 6.16. The van der Waals surface area contributed by atoms with Gasteiger partial charge in [-0.15, -0.1) is 0 Å². The summed E-state index contributed by atoms with van der Waals surface area (Å²) in [6.45, 7) is 2.48. The lowest BCUT2D eigenvalue weighted by Gasteiger charge is -2.26. The van der Waals surface area contributed by atoms with E-state index in [0.717, 1.165) is 12.2 Å². The van der Waals surface area contributed by atoms with Crippen molar-refractivity contribution in [3.63, 3.8) is 0 Å². The summed E-state index contributed by atoms with van der Waals surface area (Å²) in [6, 6.07) is 0. The fraction of sp³-hybridized carbons (Fsp3) is 0.875. The number of esters is 1. The molecule has 3 nitrogen and oxygen atoms in total. The second-order valence-electron chi connectivity index (χ2n) is 3.00. The lowest BCUT2D eigenvalue weighted by molar-refractivity contribution is -0.209. The molecule has 5 heteroatoms. The van der Waals surface area contributed by atoms with Crippen molar-refractivity contribution in [1.29, 1.82) is 0 Å². The number of ether oxygens (including phenoxy) is 2. The van der Waals surface area contributed by atoms with Gasteiger partial charge < -0.3 is 9.47 Å². The summed E-state index contributed by atoms with van der Waals surface area (Å²) in [5.41, 5.74) is 0. The van der Waals surface area contributed by atoms with Crippen LogP contribution in [0.15, 0.2) is 0 Å². The Labute approximate surface area is 90.7 Å². The summed E-state index contributed by atoms with van der Waals surface area (Å²) in [4.78, 5) is 11.0. The van der Waals surface area contributed by atoms with Crippen LogP contribution < -0.4 is 0 Å². The van der Waals surface area contributed by atoms with Crippen LogP contribution in [0.2, 0.25) is 0 Å². The molecule has 1 saturated heterocycles. The van der Waals surface area contributed by atoms with Crippen molar-refractivity contribution in [3.8, 4) is 0 Å². The predicted molar refractivity (Wildman–Crippen MR) is 56.2 cm³/mol. The van der Waals surface area contributed by atoms with Crippen LogP contribution in [-0.2, 0) is 14.3 Å². The largest absolute Gasteiger partial charge is 0.432 e. The molecule has 1 aliphatic heterocycles. The predicted octanol–water partition coefficient (Wildman–Crippen LogP) is 1.79. The molecular formula is C8H13BrO3S. The Balaban J connectivity index is 2.46. The van der Waals surface area contributed by atoms with Crippen molar-refractivity contribution in [2.75, 3.05) is 23.4 Å². The Morgan fingerprint density at radius 1 is 1.77 bits per heavy atom. The van der Waals surface area contributed by atoms with E-state index in [2.05, 4.69) is 15.9 Å². The summed E-state index contributed by atoms with van der Waals surface area (Å²) >= 11 is 4.81. The summed E-state index contributed by atoms with van der Waals surface area (Å²) in [7, 11) is 0. The van der Waals surface area contributed by atoms with Crippen LogP contribution in [0.5, 0.6) is 0 Å². The zero-order valence-electron chi connectivity index (χ0n) is 7.55. The second kappa shape index (κ2) is 5.22. The molecule has 0 N–H and O–H groups in total. The van der Waals surface area contributed by atoms with Gasteiger partial charge in [0.1, 0.15) is 5.33 Å². The van der Waals surface area contributed by atoms with Crippen LogP contribution in [-0.4, -0.2) is 35.2 Å². The van der Waals surface area contributed by atoms with E-state index in [1.54, 1.807) is 11.8 Å². The summed E-state index contributed by atoms with van der Waals surface area (Å²) in [6.07, 6.45) is 1.02. The molecule has 0 spiro atoms. The molecule has 1 fully saturated rings. The van der Waals surface area contributed by atoms with Gasteiger partial charge in [0.25, 0.3) is 0 Å². The maximum absolute atomic E-state index is 11.0. The molecule has 1 atom stereocenters. The van der Waals surface area contributed by atoms with Gasteiger partial charge in [-0.2, -0.15) is 11.8 Å². The molecule has 0 aromatic rings. The van der Waals surface area contributed by atoms with E-state index in [-0.39, 0.29) is 11.3 Å². The number of hydrogen-bond acceptors (Lipinski definition) is 4. The molecule has 76 valence electrons. The first-order valence-corrected chi connectivity index (χ1v) is 6.43. The minimum absolute atomic E-state index is 0.219. The van der Waals surface area contributed by atoms with Crippen molar-refractivity contribution in [2.24, 2.45) is 0 Å². The molecule has 1 aliphatic rings. The maximum atomic E-state index is 11.0. The third kappa shape index (κ3) is 3.87. The molecule has 0 bridgehead atoms. The van der Waals surface area contributed by atoms with Crippen LogP contribution in [0.3, 0.4) is 0 Å². The highest BCUT2D eigenvalue weighted by Crippen LogP contribution is 2.24. The number of halogens is 1. The van der Waals surface area contributed by atoms with Crippen LogP contribution in [0.25, 0.3) is 0 Å². The highest BCUT2D eigenvalue weighted by atomic mass is 79.9. The Kier molecular flexibility index (Phi) is 4.55. The van der Waals surface area contributed by atoms with Gasteiger partial charge in [-0.05, 0) is 12.2 Å². The number of rotatable bonds is 2. The highest BCUT2D eigenvalue weighted by molar-refractivity contribution is 9.09. The van der Waals surface area contributed by atoms with Gasteiger partial charge in [-0.25, -0.2) is 0 Å². The topological polar surface area (TPSA) is 35.5 Å². The standard InChI is InChI=1S/C8H13BrO3S/c1-8(12-7(10)5-9)6-13-4-2-3-11-8/h2-6H2,1H3. The van der Waals surface area contributed by atoms with Crippen molar-refractivity contribution in [1.82, 2.24) is 0 Å². The number of carbonyl (C=O) groups is 1. The number of alkyl halides is 1. The third-order valence-electron chi connectivity index (χ3n) is 1.64. The van der Waals surface area contributed by atoms with Gasteiger partial charge in [-0.1, -0.05) is 15.9 Å². The Bertz CT molecular complexity index is 178. The summed E-state index contributed by atoms with van der Waals surface area (Å²) in [5.74, 6) is 0.782. The zero-order chi connectivity index (χ0) is 9.73. The van der Waals surface area contributed by atoms with E-state index in [1.165, 1.54) is 0 Å². The average Bonchev–Trinajstić information content (AvgIpc) is 2.30. The lowest BCUT2D eigenvalue weighted by Crippen LogP contribution is -2.37. The molecule has 0 aliphatic carbocycles. The Hall–Kier alpha value is 0.260. The second-order valence-corrected chi connectivity index (χ2v) is 4.66. The molecule has 13 heavy (non-hydrogen) atoms. The van der Waals surface area contributed by atoms with Gasteiger partial charge >= 0.3 is 5.97 Å². The monoisotopic (exact) mass is 268 g/mol. The lowest BCUT2D eigenvalue weighted by atomic mass is 10.3. The van der Waals surface area contributed by atoms with Crippen LogP contribution in [0.1, 0.15) is 13.3 Å². The molecule has 0 radical (unpaired) electrons. The normalized spacial score (nSPS) is 29.4. The number of carbonyl (C=O) groups excluding carboxylic acids is 1. The first-order valence-electron chi connectivity index (χ1n) is 4.16. The van der Waals surface area contributed by atoms with Crippen molar-refractivity contribution in [2.45, 2.75) is 19.1 Å². The summed E-state index contributed by atoms with van der Waals surface area (Å²) < 4.78 is 10.7. The van der Waals surface area contributed by atoms with E-state index < -0.39 is 5.79 Å². The summed E-state index contributed by atoms with van der Waals surface area (Å²) in [5, 5.41) is 0.219. The van der Waals surface area contributed by atoms with E-state index in [1.807, 2.05) is 6.92 Å². The Morgan fingerprint density at radius 3 is 3.23 bits per heavy atom. The minimum Gasteiger partial charge on any atom is -0.432 e. The molecule has 1 heterocycles. The van der Waals surface area contributed by atoms with E-state index in [9.17, 15) is 4.79 Å². The molecular weight excluding hydrogens is 256 g/mol. The first kappa shape index (κ1) is 11.3. The number of hydrogen-bond donors (Lipinski definition) is 0. The molecule has 0 amide bonds. The van der Waals surface area contributed by atoms with Gasteiger partial charge in [0.2, 0.25) is 5.79 Å². The van der Waals surface area contributed by atoms with E-state index in [0.29, 0.717) is 12.4 Å². The van der Waals surface area contributed by atoms with Gasteiger partial charge in [0.05, 0.1) is 12.4 Å². The minimum atomic E-state index is -0.730. The molecule has 1 unspecified atom stereocenters. The smallest absolute Gasteiger partial charge is 0.319 e. The quantitative estimate of drug-likeness (QED) is 0.565. The molecule has 0 aromatic heterocycles. The fourth-order valence-corrected chi connectivity index (χ4v) is 2.17. The molecule has 0 aromatic carbocycles. The van der Waals surface area contributed by atoms with Crippen LogP contribution in [0, 0.1) is 0 Å². The van der Waals surface area contributed by atoms with Crippen molar-refractivity contribution < 1.29 is 14.3 Å². The Morgan fingerprint density at radius 2 is 2.54 bits per heavy atom. The molecule has 1 rings (SSSR count). The van der Waals surface area contributed by atoms with Gasteiger partial charge in [0, 0.05) is 6.92 Å². The fourth-order valence-electron chi connectivity index (χ4n) is 1.08. The van der Waals surface area contributed by atoms with Crippen molar-refractivity contribution >= 4 is 33.7 Å². The highest BCUT2D eigenvalue weighted by Gasteiger charge is 2.30. The number of thioether (sulfide) groups is 1. The molecule has 0 saturated carbocycles. The van der Waals surface area contributed by atoms with Gasteiger partial charge in [-0.3, -0.25) is 4.79 Å². The van der Waals surface area contributed by atoms with Crippen LogP contribution in [0.4, 0.5) is 0 Å².